The second-order valence-corrected chi connectivity index (χ2v) is 6.25. The lowest BCUT2D eigenvalue weighted by Gasteiger charge is -2.23. The molecule has 110 valence electrons. The first kappa shape index (κ1) is 15.7. The van der Waals surface area contributed by atoms with Crippen LogP contribution in [0.3, 0.4) is 0 Å². The van der Waals surface area contributed by atoms with Crippen molar-refractivity contribution >= 4 is 21.8 Å². The molecule has 0 aliphatic heterocycles. The maximum atomic E-state index is 12.3. The molecule has 2 rings (SSSR count). The molecule has 0 radical (unpaired) electrons. The van der Waals surface area contributed by atoms with E-state index >= 15 is 0 Å². The second kappa shape index (κ2) is 6.87. The molecule has 0 aliphatic rings. The van der Waals surface area contributed by atoms with E-state index < -0.39 is 5.41 Å². The summed E-state index contributed by atoms with van der Waals surface area (Å²) in [7, 11) is 0. The van der Waals surface area contributed by atoms with Gasteiger partial charge >= 0.3 is 0 Å². The van der Waals surface area contributed by atoms with Crippen molar-refractivity contribution in [1.82, 2.24) is 5.48 Å². The highest BCUT2D eigenvalue weighted by Gasteiger charge is 2.29. The van der Waals surface area contributed by atoms with Gasteiger partial charge in [0.2, 0.25) is 0 Å². The number of hydrogen-bond donors (Lipinski definition) is 1. The first-order chi connectivity index (χ1) is 10.00. The zero-order chi connectivity index (χ0) is 15.3. The number of carbonyl (C=O) groups is 1. The van der Waals surface area contributed by atoms with Crippen LogP contribution in [0.4, 0.5) is 0 Å². The Morgan fingerprint density at radius 3 is 2.33 bits per heavy atom. The number of rotatable bonds is 5. The number of amides is 1. The van der Waals surface area contributed by atoms with Crippen molar-refractivity contribution in [2.45, 2.75) is 25.9 Å². The molecule has 0 aromatic heterocycles. The third-order valence-electron chi connectivity index (χ3n) is 3.38. The van der Waals surface area contributed by atoms with E-state index in [1.165, 1.54) is 0 Å². The number of benzene rings is 2. The predicted octanol–water partition coefficient (Wildman–Crippen LogP) is 3.97. The average Bonchev–Trinajstić information content (AvgIpc) is 2.50. The molecular weight excluding hydrogens is 330 g/mol. The van der Waals surface area contributed by atoms with Gasteiger partial charge in [-0.05, 0) is 37.1 Å². The van der Waals surface area contributed by atoms with Gasteiger partial charge in [0.25, 0.3) is 5.91 Å². The van der Waals surface area contributed by atoms with E-state index in [9.17, 15) is 4.79 Å². The summed E-state index contributed by atoms with van der Waals surface area (Å²) in [6, 6.07) is 17.4. The maximum absolute atomic E-state index is 12.3. The summed E-state index contributed by atoms with van der Waals surface area (Å²) in [5.74, 6) is -0.161. The molecule has 2 aromatic carbocycles. The highest BCUT2D eigenvalue weighted by Crippen LogP contribution is 2.23. The van der Waals surface area contributed by atoms with Crippen molar-refractivity contribution in [3.8, 4) is 0 Å². The third-order valence-corrected chi connectivity index (χ3v) is 3.91. The highest BCUT2D eigenvalue weighted by atomic mass is 79.9. The van der Waals surface area contributed by atoms with E-state index in [0.29, 0.717) is 6.61 Å². The summed E-state index contributed by atoms with van der Waals surface area (Å²) in [5.41, 5.74) is 3.85. The van der Waals surface area contributed by atoms with Crippen LogP contribution >= 0.6 is 15.9 Å². The van der Waals surface area contributed by atoms with Crippen LogP contribution in [0.15, 0.2) is 59.1 Å². The Kier molecular flexibility index (Phi) is 5.15. The smallest absolute Gasteiger partial charge is 0.253 e. The summed E-state index contributed by atoms with van der Waals surface area (Å²) >= 11 is 3.38. The average molecular weight is 348 g/mol. The minimum atomic E-state index is -0.638. The minimum absolute atomic E-state index is 0.161. The topological polar surface area (TPSA) is 38.3 Å². The molecule has 1 N–H and O–H groups in total. The van der Waals surface area contributed by atoms with Gasteiger partial charge in [0, 0.05) is 4.47 Å². The second-order valence-electron chi connectivity index (χ2n) is 5.34. The van der Waals surface area contributed by atoms with Crippen LogP contribution < -0.4 is 5.48 Å². The van der Waals surface area contributed by atoms with Gasteiger partial charge in [0.15, 0.2) is 0 Å². The van der Waals surface area contributed by atoms with Gasteiger partial charge in [-0.3, -0.25) is 9.63 Å². The van der Waals surface area contributed by atoms with Gasteiger partial charge in [-0.15, -0.1) is 0 Å². The van der Waals surface area contributed by atoms with E-state index in [2.05, 4.69) is 21.4 Å². The first-order valence-corrected chi connectivity index (χ1v) is 7.51. The lowest BCUT2D eigenvalue weighted by Crippen LogP contribution is -2.39. The van der Waals surface area contributed by atoms with E-state index in [1.54, 1.807) is 0 Å². The number of nitrogens with one attached hydrogen (secondary N) is 1. The predicted molar refractivity (Wildman–Crippen MR) is 86.5 cm³/mol. The molecule has 0 aliphatic carbocycles. The van der Waals surface area contributed by atoms with Crippen LogP contribution in [-0.2, 0) is 21.7 Å². The summed E-state index contributed by atoms with van der Waals surface area (Å²) in [5, 5.41) is 0. The molecule has 4 heteroatoms. The zero-order valence-corrected chi connectivity index (χ0v) is 13.7. The fourth-order valence-electron chi connectivity index (χ4n) is 1.88. The molecule has 0 unspecified atom stereocenters. The fraction of sp³-hybridized carbons (Fsp3) is 0.235. The van der Waals surface area contributed by atoms with Gasteiger partial charge < -0.3 is 0 Å². The molecular formula is C17H18BrNO2. The van der Waals surface area contributed by atoms with E-state index in [4.69, 9.17) is 4.84 Å². The lowest BCUT2D eigenvalue weighted by atomic mass is 9.84. The first-order valence-electron chi connectivity index (χ1n) is 6.72. The zero-order valence-electron chi connectivity index (χ0n) is 12.1. The summed E-state index contributed by atoms with van der Waals surface area (Å²) < 4.78 is 1.01. The normalized spacial score (nSPS) is 11.2. The summed E-state index contributed by atoms with van der Waals surface area (Å²) in [6.45, 7) is 4.09. The molecule has 0 saturated heterocycles. The van der Waals surface area contributed by atoms with Crippen molar-refractivity contribution in [1.29, 1.82) is 0 Å². The molecule has 3 nitrogen and oxygen atoms in total. The Morgan fingerprint density at radius 2 is 1.71 bits per heavy atom. The van der Waals surface area contributed by atoms with Crippen LogP contribution in [0.2, 0.25) is 0 Å². The minimum Gasteiger partial charge on any atom is -0.272 e. The number of halogens is 1. The number of hydroxylamine groups is 1. The maximum Gasteiger partial charge on any atom is 0.253 e. The summed E-state index contributed by atoms with van der Waals surface area (Å²) in [4.78, 5) is 17.6. The van der Waals surface area contributed by atoms with Gasteiger partial charge in [-0.1, -0.05) is 58.4 Å². The molecule has 0 heterocycles. The molecule has 1 amide bonds. The Bertz CT molecular complexity index is 594. The van der Waals surface area contributed by atoms with Crippen LogP contribution in [0.5, 0.6) is 0 Å². The Balaban J connectivity index is 1.91. The molecule has 2 aromatic rings. The van der Waals surface area contributed by atoms with Gasteiger partial charge in [-0.2, -0.15) is 0 Å². The van der Waals surface area contributed by atoms with Gasteiger partial charge in [0.1, 0.15) is 0 Å². The Morgan fingerprint density at radius 1 is 1.10 bits per heavy atom. The van der Waals surface area contributed by atoms with Crippen molar-refractivity contribution in [3.05, 3.63) is 70.2 Å². The standard InChI is InChI=1S/C17H18BrNO2/c1-17(2,14-6-4-3-5-7-14)16(20)19-21-12-13-8-10-15(18)11-9-13/h3-11H,12H2,1-2H3,(H,19,20). The van der Waals surface area contributed by atoms with E-state index in [0.717, 1.165) is 15.6 Å². The molecule has 0 spiro atoms. The monoisotopic (exact) mass is 347 g/mol. The largest absolute Gasteiger partial charge is 0.272 e. The van der Waals surface area contributed by atoms with E-state index in [1.807, 2.05) is 68.4 Å². The van der Waals surface area contributed by atoms with Gasteiger partial charge in [0.05, 0.1) is 12.0 Å². The molecule has 0 saturated carbocycles. The quantitative estimate of drug-likeness (QED) is 0.831. The molecule has 21 heavy (non-hydrogen) atoms. The van der Waals surface area contributed by atoms with Crippen LogP contribution in [0.25, 0.3) is 0 Å². The SMILES string of the molecule is CC(C)(C(=O)NOCc1ccc(Br)cc1)c1ccccc1. The van der Waals surface area contributed by atoms with Crippen LogP contribution in [0, 0.1) is 0 Å². The number of carbonyl (C=O) groups excluding carboxylic acids is 1. The summed E-state index contributed by atoms with van der Waals surface area (Å²) in [6.07, 6.45) is 0. The Labute approximate surface area is 133 Å². The van der Waals surface area contributed by atoms with Crippen LogP contribution in [0.1, 0.15) is 25.0 Å². The van der Waals surface area contributed by atoms with Crippen molar-refractivity contribution in [2.75, 3.05) is 0 Å². The van der Waals surface area contributed by atoms with Crippen molar-refractivity contribution in [3.63, 3.8) is 0 Å². The van der Waals surface area contributed by atoms with Crippen molar-refractivity contribution < 1.29 is 9.63 Å². The van der Waals surface area contributed by atoms with Gasteiger partial charge in [-0.25, -0.2) is 5.48 Å². The van der Waals surface area contributed by atoms with Crippen molar-refractivity contribution in [2.24, 2.45) is 0 Å². The van der Waals surface area contributed by atoms with E-state index in [-0.39, 0.29) is 5.91 Å². The number of hydrogen-bond acceptors (Lipinski definition) is 2. The molecule has 0 fully saturated rings. The fourth-order valence-corrected chi connectivity index (χ4v) is 2.14. The third kappa shape index (κ3) is 4.16. The Hall–Kier alpha value is -1.65. The molecule has 0 bridgehead atoms. The highest BCUT2D eigenvalue weighted by molar-refractivity contribution is 9.10. The molecule has 0 atom stereocenters. The lowest BCUT2D eigenvalue weighted by molar-refractivity contribution is -0.139. The van der Waals surface area contributed by atoms with Crippen LogP contribution in [-0.4, -0.2) is 5.91 Å².